The van der Waals surface area contributed by atoms with Crippen molar-refractivity contribution in [2.45, 2.75) is 55.1 Å². The van der Waals surface area contributed by atoms with Crippen molar-refractivity contribution < 1.29 is 4.79 Å². The quantitative estimate of drug-likeness (QED) is 0.630. The Balaban J connectivity index is 1.29. The Morgan fingerprint density at radius 1 is 1.18 bits per heavy atom. The van der Waals surface area contributed by atoms with Crippen molar-refractivity contribution in [2.75, 3.05) is 31.6 Å². The Morgan fingerprint density at radius 3 is 2.64 bits per heavy atom. The maximum Gasteiger partial charge on any atom is 0.196 e. The van der Waals surface area contributed by atoms with Crippen molar-refractivity contribution >= 4 is 40.7 Å². The number of hydrazone groups is 1. The second-order valence-corrected chi connectivity index (χ2v) is 9.97. The van der Waals surface area contributed by atoms with Crippen molar-refractivity contribution in [1.82, 2.24) is 20.3 Å². The number of ketones is 1. The number of nitrogens with zero attached hydrogens (tertiary/aromatic N) is 6. The summed E-state index contributed by atoms with van der Waals surface area (Å²) in [5.74, 6) is 2.67. The molecule has 2 aromatic rings. The first kappa shape index (κ1) is 22.0. The first-order valence-electron chi connectivity index (χ1n) is 11.5. The second-order valence-electron chi connectivity index (χ2n) is 8.93. The van der Waals surface area contributed by atoms with Gasteiger partial charge in [-0.1, -0.05) is 12.1 Å². The van der Waals surface area contributed by atoms with Gasteiger partial charge in [0.2, 0.25) is 0 Å². The van der Waals surface area contributed by atoms with E-state index >= 15 is 0 Å². The maximum atomic E-state index is 12.6. The zero-order valence-electron chi connectivity index (χ0n) is 19.1. The van der Waals surface area contributed by atoms with Crippen LogP contribution in [-0.2, 0) is 11.2 Å². The van der Waals surface area contributed by atoms with Crippen LogP contribution >= 0.6 is 11.8 Å². The molecule has 3 aliphatic rings. The van der Waals surface area contributed by atoms with Crippen molar-refractivity contribution in [1.29, 1.82) is 0 Å². The number of aliphatic imine (C=N–C) groups is 1. The standard InChI is InChI=1S/C24H29N7OS/c1-16-13-22(29-28-16)25-21-15-23(31-11-4-12-31)27-24(26-21)33-18-8-6-17(7-9-18)14-20(32)19-5-3-10-30(19)2/h6-9,15,19H,3-5,10-14H2,1-2H3,(H,25,26,27,29). The molecule has 0 bridgehead atoms. The van der Waals surface area contributed by atoms with Crippen molar-refractivity contribution in [3.8, 4) is 0 Å². The van der Waals surface area contributed by atoms with Gasteiger partial charge in [0, 0.05) is 42.6 Å². The lowest BCUT2D eigenvalue weighted by Gasteiger charge is -2.32. The Morgan fingerprint density at radius 2 is 2.00 bits per heavy atom. The molecule has 8 nitrogen and oxygen atoms in total. The molecular formula is C24H29N7OS. The van der Waals surface area contributed by atoms with Crippen LogP contribution in [0.4, 0.5) is 11.6 Å². The van der Waals surface area contributed by atoms with E-state index in [4.69, 9.17) is 4.98 Å². The predicted octanol–water partition coefficient (Wildman–Crippen LogP) is 3.44. The lowest BCUT2D eigenvalue weighted by molar-refractivity contribution is -0.122. The highest BCUT2D eigenvalue weighted by Gasteiger charge is 2.27. The van der Waals surface area contributed by atoms with Gasteiger partial charge in [-0.25, -0.2) is 15.0 Å². The molecule has 172 valence electrons. The highest BCUT2D eigenvalue weighted by molar-refractivity contribution is 7.99. The van der Waals surface area contributed by atoms with Crippen molar-refractivity contribution in [3.63, 3.8) is 0 Å². The molecule has 9 heteroatoms. The number of likely N-dealkylation sites (N-methyl/N-ethyl adjacent to an activating group) is 1. The van der Waals surface area contributed by atoms with Gasteiger partial charge in [-0.3, -0.25) is 15.1 Å². The van der Waals surface area contributed by atoms with E-state index in [1.165, 1.54) is 18.2 Å². The summed E-state index contributed by atoms with van der Waals surface area (Å²) >= 11 is 1.52. The summed E-state index contributed by atoms with van der Waals surface area (Å²) in [5.41, 5.74) is 5.03. The lowest BCUT2D eigenvalue weighted by Crippen LogP contribution is -2.37. The molecule has 1 aromatic heterocycles. The van der Waals surface area contributed by atoms with Crippen LogP contribution in [0.2, 0.25) is 0 Å². The van der Waals surface area contributed by atoms with Gasteiger partial charge in [0.25, 0.3) is 0 Å². The molecule has 0 amide bonds. The number of anilines is 1. The number of carbonyl (C=O) groups is 1. The number of carbonyl (C=O) groups excluding carboxylic acids is 1. The van der Waals surface area contributed by atoms with E-state index in [0.717, 1.165) is 60.3 Å². The summed E-state index contributed by atoms with van der Waals surface area (Å²) in [6, 6.07) is 10.2. The summed E-state index contributed by atoms with van der Waals surface area (Å²) in [6.07, 6.45) is 4.46. The molecule has 2 saturated heterocycles. The molecule has 2 fully saturated rings. The molecule has 0 aliphatic carbocycles. The zero-order valence-corrected chi connectivity index (χ0v) is 19.9. The predicted molar refractivity (Wildman–Crippen MR) is 132 cm³/mol. The first-order chi connectivity index (χ1) is 16.0. The van der Waals surface area contributed by atoms with Gasteiger partial charge in [-0.2, -0.15) is 5.10 Å². The SMILES string of the molecule is CC1=NNC(=Nc2cc(N3CCC3)nc(Sc3ccc(CC(=O)C4CCCN4C)cc3)n2)C1. The number of likely N-dealkylation sites (tertiary alicyclic amines) is 1. The van der Waals surface area contributed by atoms with E-state index in [-0.39, 0.29) is 6.04 Å². The fraction of sp³-hybridized carbons (Fsp3) is 0.458. The lowest BCUT2D eigenvalue weighted by atomic mass is 10.0. The van der Waals surface area contributed by atoms with E-state index < -0.39 is 0 Å². The molecule has 0 saturated carbocycles. The number of nitrogens with one attached hydrogen (secondary N) is 1. The van der Waals surface area contributed by atoms with Crippen LogP contribution in [0, 0.1) is 0 Å². The van der Waals surface area contributed by atoms with Crippen molar-refractivity contribution in [2.24, 2.45) is 10.1 Å². The number of benzene rings is 1. The van der Waals surface area contributed by atoms with E-state index in [0.29, 0.717) is 29.6 Å². The number of aromatic nitrogens is 2. The van der Waals surface area contributed by atoms with Gasteiger partial charge in [0.1, 0.15) is 11.7 Å². The average Bonchev–Trinajstić information content (AvgIpc) is 3.36. The molecule has 0 spiro atoms. The smallest absolute Gasteiger partial charge is 0.196 e. The molecule has 1 atom stereocenters. The molecule has 1 N–H and O–H groups in total. The first-order valence-corrected chi connectivity index (χ1v) is 12.4. The third kappa shape index (κ3) is 5.25. The fourth-order valence-electron chi connectivity index (χ4n) is 4.31. The summed E-state index contributed by atoms with van der Waals surface area (Å²) in [7, 11) is 2.04. The van der Waals surface area contributed by atoms with Gasteiger partial charge < -0.3 is 4.90 Å². The minimum atomic E-state index is 0.0697. The number of hydrogen-bond donors (Lipinski definition) is 1. The summed E-state index contributed by atoms with van der Waals surface area (Å²) < 4.78 is 0. The molecule has 1 unspecified atom stereocenters. The highest BCUT2D eigenvalue weighted by Crippen LogP contribution is 2.31. The van der Waals surface area contributed by atoms with Crippen LogP contribution < -0.4 is 10.3 Å². The summed E-state index contributed by atoms with van der Waals surface area (Å²) in [6.45, 7) is 5.01. The zero-order chi connectivity index (χ0) is 22.8. The minimum absolute atomic E-state index is 0.0697. The largest absolute Gasteiger partial charge is 0.356 e. The molecule has 5 rings (SSSR count). The van der Waals surface area contributed by atoms with Gasteiger partial charge >= 0.3 is 0 Å². The van der Waals surface area contributed by atoms with Gasteiger partial charge in [-0.05, 0) is 69.2 Å². The van der Waals surface area contributed by atoms with E-state index in [2.05, 4.69) is 30.3 Å². The maximum absolute atomic E-state index is 12.6. The van der Waals surface area contributed by atoms with Crippen LogP contribution in [0.25, 0.3) is 0 Å². The molecule has 0 radical (unpaired) electrons. The minimum Gasteiger partial charge on any atom is -0.356 e. The number of hydrogen-bond acceptors (Lipinski definition) is 8. The molecule has 4 heterocycles. The Bertz CT molecular complexity index is 1090. The number of amidine groups is 1. The fourth-order valence-corrected chi connectivity index (χ4v) is 5.07. The molecular weight excluding hydrogens is 434 g/mol. The number of rotatable bonds is 7. The van der Waals surface area contributed by atoms with Crippen molar-refractivity contribution in [3.05, 3.63) is 35.9 Å². The Kier molecular flexibility index (Phi) is 6.41. The van der Waals surface area contributed by atoms with E-state index in [1.54, 1.807) is 0 Å². The van der Waals surface area contributed by atoms with E-state index in [9.17, 15) is 4.79 Å². The third-order valence-corrected chi connectivity index (χ3v) is 7.18. The third-order valence-electron chi connectivity index (χ3n) is 6.31. The summed E-state index contributed by atoms with van der Waals surface area (Å²) in [5, 5.41) is 4.87. The molecule has 33 heavy (non-hydrogen) atoms. The van der Waals surface area contributed by atoms with Gasteiger partial charge in [0.15, 0.2) is 16.8 Å². The van der Waals surface area contributed by atoms with Gasteiger partial charge in [0.05, 0.1) is 6.04 Å². The average molecular weight is 464 g/mol. The normalized spacial score (nSPS) is 21.8. The van der Waals surface area contributed by atoms with Crippen LogP contribution in [0.5, 0.6) is 0 Å². The highest BCUT2D eigenvalue weighted by atomic mass is 32.2. The second kappa shape index (κ2) is 9.61. The van der Waals surface area contributed by atoms with Crippen LogP contribution in [0.15, 0.2) is 50.5 Å². The summed E-state index contributed by atoms with van der Waals surface area (Å²) in [4.78, 5) is 32.2. The van der Waals surface area contributed by atoms with Gasteiger partial charge in [-0.15, -0.1) is 0 Å². The number of Topliss-reactive ketones (excluding diaryl/α,β-unsaturated/α-hetero) is 1. The Labute approximate surface area is 198 Å². The topological polar surface area (TPSA) is 86.1 Å². The van der Waals surface area contributed by atoms with Crippen LogP contribution in [0.1, 0.15) is 38.2 Å². The van der Waals surface area contributed by atoms with Crippen LogP contribution in [-0.4, -0.2) is 64.9 Å². The Hall–Kier alpha value is -2.78. The van der Waals surface area contributed by atoms with E-state index in [1.807, 2.05) is 44.3 Å². The molecule has 1 aromatic carbocycles. The van der Waals surface area contributed by atoms with Crippen LogP contribution in [0.3, 0.4) is 0 Å². The molecule has 3 aliphatic heterocycles. The monoisotopic (exact) mass is 463 g/mol.